The van der Waals surface area contributed by atoms with Gasteiger partial charge in [-0.2, -0.15) is 22.9 Å². The Balaban J connectivity index is 1.58. The summed E-state index contributed by atoms with van der Waals surface area (Å²) in [4.78, 5) is 39.7. The van der Waals surface area contributed by atoms with Gasteiger partial charge in [0, 0.05) is 29.3 Å². The molecule has 5 rings (SSSR count). The van der Waals surface area contributed by atoms with E-state index in [9.17, 15) is 38.2 Å². The zero-order chi connectivity index (χ0) is 33.0. The van der Waals surface area contributed by atoms with Crippen LogP contribution in [-0.2, 0) is 12.8 Å². The summed E-state index contributed by atoms with van der Waals surface area (Å²) in [7, 11) is 0. The first kappa shape index (κ1) is 31.3. The van der Waals surface area contributed by atoms with Gasteiger partial charge in [-0.05, 0) is 55.0 Å². The molecule has 0 unspecified atom stereocenters. The number of aromatic nitrogens is 2. The number of nitro benzene ring substituents is 2. The minimum Gasteiger partial charge on any atom is -0.490 e. The highest BCUT2D eigenvalue weighted by Crippen LogP contribution is 2.39. The second-order valence-corrected chi connectivity index (χ2v) is 9.66. The molecule has 0 N–H and O–H groups in total. The number of halogens is 3. The van der Waals surface area contributed by atoms with Gasteiger partial charge in [-0.15, -0.1) is 0 Å². The average molecular weight is 634 g/mol. The Bertz CT molecular complexity index is 2040. The van der Waals surface area contributed by atoms with Crippen molar-refractivity contribution in [2.75, 3.05) is 6.61 Å². The molecule has 0 radical (unpaired) electrons. The molecule has 0 amide bonds. The van der Waals surface area contributed by atoms with Crippen LogP contribution < -0.4 is 15.0 Å². The number of non-ortho nitro benzene ring substituents is 1. The number of benzene rings is 4. The van der Waals surface area contributed by atoms with Crippen LogP contribution in [0.2, 0.25) is 0 Å². The third-order valence-corrected chi connectivity index (χ3v) is 6.61. The first-order valence-corrected chi connectivity index (χ1v) is 13.5. The Morgan fingerprint density at radius 1 is 0.935 bits per heavy atom. The predicted octanol–water partition coefficient (Wildman–Crippen LogP) is 6.76. The summed E-state index contributed by atoms with van der Waals surface area (Å²) in [5.74, 6) is -0.424. The van der Waals surface area contributed by atoms with E-state index in [1.54, 1.807) is 19.1 Å². The number of nitrogens with zero attached hydrogens (tertiary/aromatic N) is 5. The van der Waals surface area contributed by atoms with Crippen LogP contribution in [-0.4, -0.2) is 32.3 Å². The molecule has 0 saturated heterocycles. The summed E-state index contributed by atoms with van der Waals surface area (Å²) in [6.07, 6.45) is -3.54. The average Bonchev–Trinajstić information content (AvgIpc) is 3.03. The highest BCUT2D eigenvalue weighted by molar-refractivity contribution is 5.84. The lowest BCUT2D eigenvalue weighted by atomic mass is 10.1. The van der Waals surface area contributed by atoms with Crippen LogP contribution >= 0.6 is 0 Å². The van der Waals surface area contributed by atoms with E-state index in [0.29, 0.717) is 5.56 Å². The number of hydrogen-bond donors (Lipinski definition) is 0. The molecule has 4 aromatic carbocycles. The number of alkyl halides is 3. The van der Waals surface area contributed by atoms with Crippen LogP contribution in [0, 0.1) is 20.2 Å². The van der Waals surface area contributed by atoms with Crippen molar-refractivity contribution >= 4 is 28.5 Å². The van der Waals surface area contributed by atoms with Crippen LogP contribution in [0.5, 0.6) is 11.5 Å². The molecular formula is C31H22F3N5O7. The van der Waals surface area contributed by atoms with Crippen LogP contribution in [0.1, 0.15) is 23.6 Å². The third-order valence-electron chi connectivity index (χ3n) is 6.61. The topological polar surface area (TPSA) is 152 Å². The molecule has 0 fully saturated rings. The zero-order valence-corrected chi connectivity index (χ0v) is 23.8. The summed E-state index contributed by atoms with van der Waals surface area (Å²) in [6.45, 7) is 1.57. The first-order valence-electron chi connectivity index (χ1n) is 13.5. The predicted molar refractivity (Wildman–Crippen MR) is 161 cm³/mol. The molecule has 0 atom stereocenters. The van der Waals surface area contributed by atoms with Gasteiger partial charge in [0.25, 0.3) is 11.2 Å². The van der Waals surface area contributed by atoms with E-state index in [-0.39, 0.29) is 58.3 Å². The van der Waals surface area contributed by atoms with Crippen molar-refractivity contribution in [1.82, 2.24) is 9.66 Å². The molecule has 0 saturated carbocycles. The van der Waals surface area contributed by atoms with Gasteiger partial charge in [0.1, 0.15) is 6.61 Å². The van der Waals surface area contributed by atoms with E-state index in [4.69, 9.17) is 9.47 Å². The third kappa shape index (κ3) is 6.67. The molecule has 1 aromatic heterocycles. The van der Waals surface area contributed by atoms with Crippen molar-refractivity contribution in [3.63, 3.8) is 0 Å². The highest BCUT2D eigenvalue weighted by Gasteiger charge is 2.31. The fourth-order valence-corrected chi connectivity index (χ4v) is 4.47. The number of rotatable bonds is 10. The zero-order valence-electron chi connectivity index (χ0n) is 23.8. The van der Waals surface area contributed by atoms with Crippen molar-refractivity contribution in [3.05, 3.63) is 132 Å². The largest absolute Gasteiger partial charge is 0.490 e. The van der Waals surface area contributed by atoms with E-state index < -0.39 is 32.8 Å². The standard InChI is InChI=1S/C31H22F3N5O7/c1-2-45-27-15-20(14-26(39(43)44)28(27)46-18-19-10-12-23(13-11-19)38(41)42)17-35-37-29(21-6-5-7-22(16-21)31(32,33)34)36-25-9-4-3-8-24(25)30(37)40/h3-17H,2,18H2,1H3. The summed E-state index contributed by atoms with van der Waals surface area (Å²) < 4.78 is 52.7. The number of hydrogen-bond acceptors (Lipinski definition) is 9. The SMILES string of the molecule is CCOc1cc(C=Nn2c(-c3cccc(C(F)(F)F)c3)nc3ccccc3c2=O)cc([N+](=O)[O-])c1OCc1ccc([N+](=O)[O-])cc1. The lowest BCUT2D eigenvalue weighted by Gasteiger charge is -2.14. The first-order chi connectivity index (χ1) is 22.0. The van der Waals surface area contributed by atoms with Gasteiger partial charge in [0.15, 0.2) is 11.6 Å². The lowest BCUT2D eigenvalue weighted by molar-refractivity contribution is -0.386. The maximum Gasteiger partial charge on any atom is 0.416 e. The normalized spacial score (nSPS) is 11.6. The van der Waals surface area contributed by atoms with Crippen molar-refractivity contribution in [2.45, 2.75) is 19.7 Å². The minimum absolute atomic E-state index is 0.0258. The molecule has 5 aromatic rings. The molecule has 1 heterocycles. The van der Waals surface area contributed by atoms with Crippen molar-refractivity contribution in [3.8, 4) is 22.9 Å². The Labute approximate surface area is 257 Å². The Morgan fingerprint density at radius 3 is 2.35 bits per heavy atom. The lowest BCUT2D eigenvalue weighted by Crippen LogP contribution is -2.20. The minimum atomic E-state index is -4.65. The molecule has 0 aliphatic rings. The van der Waals surface area contributed by atoms with Crippen LogP contribution in [0.15, 0.2) is 94.8 Å². The molecule has 0 aliphatic carbocycles. The summed E-state index contributed by atoms with van der Waals surface area (Å²) in [5.41, 5.74) is -1.48. The molecule has 15 heteroatoms. The van der Waals surface area contributed by atoms with Gasteiger partial charge in [-0.25, -0.2) is 4.98 Å². The van der Waals surface area contributed by atoms with Crippen LogP contribution in [0.25, 0.3) is 22.3 Å². The van der Waals surface area contributed by atoms with Crippen LogP contribution in [0.3, 0.4) is 0 Å². The Kier molecular flexibility index (Phi) is 8.75. The van der Waals surface area contributed by atoms with Gasteiger partial charge in [0.2, 0.25) is 5.75 Å². The second-order valence-electron chi connectivity index (χ2n) is 9.66. The monoisotopic (exact) mass is 633 g/mol. The second kappa shape index (κ2) is 12.9. The van der Waals surface area contributed by atoms with E-state index in [1.807, 2.05) is 0 Å². The molecule has 0 spiro atoms. The fourth-order valence-electron chi connectivity index (χ4n) is 4.47. The van der Waals surface area contributed by atoms with Gasteiger partial charge in [-0.1, -0.05) is 24.3 Å². The molecule has 12 nitrogen and oxygen atoms in total. The van der Waals surface area contributed by atoms with Gasteiger partial charge in [0.05, 0.1) is 39.1 Å². The number of fused-ring (bicyclic) bond motifs is 1. The smallest absolute Gasteiger partial charge is 0.416 e. The van der Waals surface area contributed by atoms with Crippen molar-refractivity contribution < 1.29 is 32.5 Å². The molecule has 0 bridgehead atoms. The quantitative estimate of drug-likeness (QED) is 0.0929. The fraction of sp³-hybridized carbons (Fsp3) is 0.129. The number of nitro groups is 2. The molecule has 234 valence electrons. The van der Waals surface area contributed by atoms with Gasteiger partial charge < -0.3 is 9.47 Å². The Morgan fingerprint density at radius 2 is 1.67 bits per heavy atom. The van der Waals surface area contributed by atoms with Crippen molar-refractivity contribution in [1.29, 1.82) is 0 Å². The van der Waals surface area contributed by atoms with E-state index in [2.05, 4.69) is 10.1 Å². The maximum absolute atomic E-state index is 13.5. The summed E-state index contributed by atoms with van der Waals surface area (Å²) in [6, 6.07) is 18.5. The summed E-state index contributed by atoms with van der Waals surface area (Å²) >= 11 is 0. The van der Waals surface area contributed by atoms with E-state index in [1.165, 1.54) is 54.6 Å². The summed E-state index contributed by atoms with van der Waals surface area (Å²) in [5, 5.41) is 27.4. The van der Waals surface area contributed by atoms with Crippen LogP contribution in [0.4, 0.5) is 24.5 Å². The number of ether oxygens (including phenoxy) is 2. The molecular weight excluding hydrogens is 611 g/mol. The van der Waals surface area contributed by atoms with E-state index in [0.717, 1.165) is 29.1 Å². The molecule has 46 heavy (non-hydrogen) atoms. The van der Waals surface area contributed by atoms with Gasteiger partial charge >= 0.3 is 11.9 Å². The molecule has 0 aliphatic heterocycles. The van der Waals surface area contributed by atoms with E-state index >= 15 is 0 Å². The van der Waals surface area contributed by atoms with Crippen molar-refractivity contribution in [2.24, 2.45) is 5.10 Å². The van der Waals surface area contributed by atoms with Gasteiger partial charge in [-0.3, -0.25) is 25.0 Å². The highest BCUT2D eigenvalue weighted by atomic mass is 19.4. The Hall–Kier alpha value is -6.12. The maximum atomic E-state index is 13.5. The number of para-hydroxylation sites is 1.